The predicted octanol–water partition coefficient (Wildman–Crippen LogP) is 3.27. The van der Waals surface area contributed by atoms with Gasteiger partial charge in [-0.1, -0.05) is 12.1 Å². The summed E-state index contributed by atoms with van der Waals surface area (Å²) in [5.74, 6) is 3.31. The summed E-state index contributed by atoms with van der Waals surface area (Å²) in [5, 5.41) is 0. The molecule has 7 heteroatoms. The van der Waals surface area contributed by atoms with Gasteiger partial charge in [0.2, 0.25) is 0 Å². The van der Waals surface area contributed by atoms with E-state index in [1.165, 1.54) is 6.92 Å². The Balaban J connectivity index is 0.000000237. The van der Waals surface area contributed by atoms with Gasteiger partial charge in [-0.15, -0.1) is 0 Å². The van der Waals surface area contributed by atoms with E-state index in [0.717, 1.165) is 22.8 Å². The summed E-state index contributed by atoms with van der Waals surface area (Å²) in [4.78, 5) is 10.9. The zero-order valence-corrected chi connectivity index (χ0v) is 16.8. The molecule has 0 bridgehead atoms. The van der Waals surface area contributed by atoms with Crippen LogP contribution in [-0.4, -0.2) is 47.1 Å². The summed E-state index contributed by atoms with van der Waals surface area (Å²) in [6.07, 6.45) is 0.319. The number of esters is 1. The number of benzene rings is 2. The Labute approximate surface area is 165 Å². The van der Waals surface area contributed by atoms with Gasteiger partial charge < -0.3 is 28.4 Å². The molecule has 152 valence electrons. The van der Waals surface area contributed by atoms with Gasteiger partial charge in [0.15, 0.2) is 11.5 Å². The first-order valence-corrected chi connectivity index (χ1v) is 8.74. The Morgan fingerprint density at radius 3 is 2.04 bits per heavy atom. The summed E-state index contributed by atoms with van der Waals surface area (Å²) in [6, 6.07) is 11.1. The second-order valence-electron chi connectivity index (χ2n) is 5.91. The van der Waals surface area contributed by atoms with E-state index in [1.807, 2.05) is 30.3 Å². The number of hydrogen-bond donors (Lipinski definition) is 0. The number of fused-ring (bicyclic) bond motifs is 1. The maximum absolute atomic E-state index is 10.9. The normalized spacial score (nSPS) is 14.4. The lowest BCUT2D eigenvalue weighted by Crippen LogP contribution is -2.30. The van der Waals surface area contributed by atoms with Crippen LogP contribution in [0.4, 0.5) is 0 Å². The minimum atomic E-state index is -0.306. The van der Waals surface area contributed by atoms with E-state index in [9.17, 15) is 4.79 Å². The number of methoxy groups -OCH3 is 4. The van der Waals surface area contributed by atoms with Gasteiger partial charge in [-0.25, -0.2) is 0 Å². The molecule has 0 aromatic heterocycles. The molecule has 0 spiro atoms. The molecule has 2 aromatic carbocycles. The molecule has 0 fully saturated rings. The van der Waals surface area contributed by atoms with Crippen LogP contribution in [0.3, 0.4) is 0 Å². The van der Waals surface area contributed by atoms with Crippen molar-refractivity contribution in [3.8, 4) is 28.7 Å². The van der Waals surface area contributed by atoms with Crippen molar-refractivity contribution in [1.82, 2.24) is 0 Å². The largest absolute Gasteiger partial charge is 0.496 e. The molecule has 2 aromatic rings. The highest BCUT2D eigenvalue weighted by molar-refractivity contribution is 5.66. The van der Waals surface area contributed by atoms with Gasteiger partial charge in [0.1, 0.15) is 30.0 Å². The summed E-state index contributed by atoms with van der Waals surface area (Å²) in [7, 11) is 6.42. The number of hydrogen-bond acceptors (Lipinski definition) is 7. The van der Waals surface area contributed by atoms with Crippen LogP contribution in [0.1, 0.15) is 12.5 Å². The third-order valence-electron chi connectivity index (χ3n) is 4.08. The molecule has 1 unspecified atom stereocenters. The molecule has 0 saturated heterocycles. The Bertz CT molecular complexity index is 748. The topological polar surface area (TPSA) is 72.5 Å². The van der Waals surface area contributed by atoms with E-state index >= 15 is 0 Å². The third kappa shape index (κ3) is 5.45. The maximum atomic E-state index is 10.9. The molecule has 0 aliphatic carbocycles. The van der Waals surface area contributed by atoms with Crippen LogP contribution in [0.15, 0.2) is 36.4 Å². The molecular formula is C21H26O7. The van der Waals surface area contributed by atoms with E-state index in [-0.39, 0.29) is 12.1 Å². The number of ether oxygens (including phenoxy) is 6. The van der Waals surface area contributed by atoms with Crippen molar-refractivity contribution < 1.29 is 33.2 Å². The van der Waals surface area contributed by atoms with Crippen molar-refractivity contribution in [1.29, 1.82) is 0 Å². The summed E-state index contributed by atoms with van der Waals surface area (Å²) in [5.41, 5.74) is 0.899. The van der Waals surface area contributed by atoms with Crippen LogP contribution < -0.4 is 23.7 Å². The van der Waals surface area contributed by atoms with Crippen LogP contribution in [0, 0.1) is 0 Å². The predicted molar refractivity (Wildman–Crippen MR) is 104 cm³/mol. The molecule has 0 N–H and O–H groups in total. The minimum Gasteiger partial charge on any atom is -0.496 e. The van der Waals surface area contributed by atoms with Gasteiger partial charge in [0.05, 0.1) is 28.4 Å². The van der Waals surface area contributed by atoms with Crippen molar-refractivity contribution in [3.63, 3.8) is 0 Å². The summed E-state index contributed by atoms with van der Waals surface area (Å²) >= 11 is 0. The van der Waals surface area contributed by atoms with Crippen LogP contribution in [0.25, 0.3) is 0 Å². The quantitative estimate of drug-likeness (QED) is 0.726. The zero-order valence-electron chi connectivity index (χ0n) is 16.8. The number of carbonyl (C=O) groups is 1. The lowest BCUT2D eigenvalue weighted by Gasteiger charge is -2.26. The van der Waals surface area contributed by atoms with Gasteiger partial charge in [-0.05, 0) is 12.1 Å². The SMILES string of the molecule is COc1cc(OC)c2c(c1)OCC(OC(C)=O)C2.COc1ccccc1OC. The molecule has 0 amide bonds. The van der Waals surface area contributed by atoms with Crippen LogP contribution in [-0.2, 0) is 16.0 Å². The first-order valence-electron chi connectivity index (χ1n) is 8.74. The molecule has 7 nitrogen and oxygen atoms in total. The second-order valence-corrected chi connectivity index (χ2v) is 5.91. The molecule has 1 atom stereocenters. The fourth-order valence-corrected chi connectivity index (χ4v) is 2.79. The lowest BCUT2D eigenvalue weighted by atomic mass is 10.0. The minimum absolute atomic E-state index is 0.266. The van der Waals surface area contributed by atoms with E-state index in [2.05, 4.69) is 0 Å². The number of carbonyl (C=O) groups excluding carboxylic acids is 1. The molecule has 3 rings (SSSR count). The van der Waals surface area contributed by atoms with Crippen molar-refractivity contribution in [2.75, 3.05) is 35.0 Å². The van der Waals surface area contributed by atoms with Gasteiger partial charge in [-0.2, -0.15) is 0 Å². The Morgan fingerprint density at radius 2 is 1.54 bits per heavy atom. The van der Waals surface area contributed by atoms with Crippen molar-refractivity contribution in [2.24, 2.45) is 0 Å². The van der Waals surface area contributed by atoms with Crippen LogP contribution in [0.5, 0.6) is 28.7 Å². The standard InChI is InChI=1S/C13H16O5.C8H10O2/c1-8(14)18-10-4-11-12(16-3)5-9(15-2)6-13(11)17-7-10;1-9-7-5-3-4-6-8(7)10-2/h5-6,10H,4,7H2,1-3H3;3-6H,1-2H3. The Kier molecular flexibility index (Phi) is 7.80. The average Bonchev–Trinajstić information content (AvgIpc) is 2.72. The molecule has 0 saturated carbocycles. The lowest BCUT2D eigenvalue weighted by molar-refractivity contribution is -0.148. The fraction of sp³-hybridized carbons (Fsp3) is 0.381. The number of para-hydroxylation sites is 2. The van der Waals surface area contributed by atoms with Gasteiger partial charge in [0, 0.05) is 31.0 Å². The van der Waals surface area contributed by atoms with Gasteiger partial charge in [0.25, 0.3) is 0 Å². The Morgan fingerprint density at radius 1 is 0.929 bits per heavy atom. The highest BCUT2D eigenvalue weighted by Crippen LogP contribution is 2.37. The fourth-order valence-electron chi connectivity index (χ4n) is 2.79. The molecule has 0 radical (unpaired) electrons. The Hall–Kier alpha value is -3.09. The van der Waals surface area contributed by atoms with Gasteiger partial charge >= 0.3 is 5.97 Å². The highest BCUT2D eigenvalue weighted by atomic mass is 16.6. The molecule has 1 aliphatic heterocycles. The van der Waals surface area contributed by atoms with Crippen LogP contribution in [0.2, 0.25) is 0 Å². The first kappa shape index (κ1) is 21.2. The summed E-state index contributed by atoms with van der Waals surface area (Å²) in [6.45, 7) is 1.74. The number of rotatable bonds is 5. The van der Waals surface area contributed by atoms with E-state index in [0.29, 0.717) is 24.5 Å². The van der Waals surface area contributed by atoms with Crippen molar-refractivity contribution >= 4 is 5.97 Å². The highest BCUT2D eigenvalue weighted by Gasteiger charge is 2.26. The molecule has 1 aliphatic rings. The van der Waals surface area contributed by atoms with E-state index in [4.69, 9.17) is 28.4 Å². The first-order chi connectivity index (χ1) is 13.5. The molecular weight excluding hydrogens is 364 g/mol. The van der Waals surface area contributed by atoms with E-state index in [1.54, 1.807) is 34.5 Å². The van der Waals surface area contributed by atoms with Crippen LogP contribution >= 0.6 is 0 Å². The summed E-state index contributed by atoms with van der Waals surface area (Å²) < 4.78 is 31.2. The average molecular weight is 390 g/mol. The second kappa shape index (κ2) is 10.3. The van der Waals surface area contributed by atoms with Crippen molar-refractivity contribution in [3.05, 3.63) is 42.0 Å². The molecule has 28 heavy (non-hydrogen) atoms. The van der Waals surface area contributed by atoms with Gasteiger partial charge in [-0.3, -0.25) is 4.79 Å². The molecule has 1 heterocycles. The monoisotopic (exact) mass is 390 g/mol. The maximum Gasteiger partial charge on any atom is 0.303 e. The zero-order chi connectivity index (χ0) is 20.5. The van der Waals surface area contributed by atoms with E-state index < -0.39 is 0 Å². The third-order valence-corrected chi connectivity index (χ3v) is 4.08. The smallest absolute Gasteiger partial charge is 0.303 e. The van der Waals surface area contributed by atoms with Crippen molar-refractivity contribution in [2.45, 2.75) is 19.4 Å².